The molecule has 0 aliphatic rings. The standard InChI is InChI=1S/C12H16O2/c1-3-10(4-2)12(13)14-11-8-6-5-7-9-11/h5-10H,3-4H2,1-2H3. The van der Waals surface area contributed by atoms with Crippen LogP contribution in [-0.2, 0) is 4.79 Å². The maximum Gasteiger partial charge on any atom is 0.314 e. The van der Waals surface area contributed by atoms with Gasteiger partial charge in [0.05, 0.1) is 5.92 Å². The number of carbonyl (C=O) groups excluding carboxylic acids is 1. The van der Waals surface area contributed by atoms with Gasteiger partial charge < -0.3 is 4.74 Å². The molecule has 0 amide bonds. The van der Waals surface area contributed by atoms with Gasteiger partial charge in [-0.3, -0.25) is 4.79 Å². The van der Waals surface area contributed by atoms with Gasteiger partial charge in [0, 0.05) is 0 Å². The van der Waals surface area contributed by atoms with Gasteiger partial charge in [0.15, 0.2) is 0 Å². The molecule has 0 atom stereocenters. The van der Waals surface area contributed by atoms with Crippen LogP contribution in [0, 0.1) is 5.92 Å². The second-order valence-corrected chi connectivity index (χ2v) is 3.25. The van der Waals surface area contributed by atoms with Gasteiger partial charge in [0.1, 0.15) is 5.75 Å². The number of rotatable bonds is 4. The summed E-state index contributed by atoms with van der Waals surface area (Å²) in [5.74, 6) is 0.529. The maximum atomic E-state index is 11.6. The van der Waals surface area contributed by atoms with Crippen LogP contribution in [0.5, 0.6) is 5.75 Å². The molecule has 0 saturated heterocycles. The minimum absolute atomic E-state index is 0.0233. The minimum Gasteiger partial charge on any atom is -0.426 e. The molecule has 0 N–H and O–H groups in total. The number of esters is 1. The predicted molar refractivity (Wildman–Crippen MR) is 56.1 cm³/mol. The second kappa shape index (κ2) is 5.43. The van der Waals surface area contributed by atoms with E-state index in [-0.39, 0.29) is 11.9 Å². The van der Waals surface area contributed by atoms with Crippen molar-refractivity contribution in [2.24, 2.45) is 5.92 Å². The molecule has 0 heterocycles. The fraction of sp³-hybridized carbons (Fsp3) is 0.417. The van der Waals surface area contributed by atoms with E-state index in [4.69, 9.17) is 4.74 Å². The molecule has 1 rings (SSSR count). The summed E-state index contributed by atoms with van der Waals surface area (Å²) in [4.78, 5) is 11.6. The first-order valence-corrected chi connectivity index (χ1v) is 5.04. The molecule has 1 aromatic carbocycles. The lowest BCUT2D eigenvalue weighted by Crippen LogP contribution is -2.19. The van der Waals surface area contributed by atoms with Gasteiger partial charge in [-0.1, -0.05) is 32.0 Å². The highest BCUT2D eigenvalue weighted by Gasteiger charge is 2.15. The van der Waals surface area contributed by atoms with Gasteiger partial charge in [-0.2, -0.15) is 0 Å². The van der Waals surface area contributed by atoms with Crippen molar-refractivity contribution in [1.29, 1.82) is 0 Å². The molecule has 76 valence electrons. The lowest BCUT2D eigenvalue weighted by atomic mass is 10.0. The smallest absolute Gasteiger partial charge is 0.314 e. The fourth-order valence-electron chi connectivity index (χ4n) is 1.31. The largest absolute Gasteiger partial charge is 0.426 e. The minimum atomic E-state index is -0.124. The molecule has 14 heavy (non-hydrogen) atoms. The normalized spacial score (nSPS) is 10.2. The number of benzene rings is 1. The van der Waals surface area contributed by atoms with Crippen molar-refractivity contribution < 1.29 is 9.53 Å². The first kappa shape index (κ1) is 10.8. The highest BCUT2D eigenvalue weighted by atomic mass is 16.5. The van der Waals surface area contributed by atoms with Crippen LogP contribution in [0.15, 0.2) is 30.3 Å². The van der Waals surface area contributed by atoms with Crippen LogP contribution in [0.1, 0.15) is 26.7 Å². The van der Waals surface area contributed by atoms with Crippen LogP contribution < -0.4 is 4.74 Å². The van der Waals surface area contributed by atoms with E-state index in [1.807, 2.05) is 32.0 Å². The van der Waals surface area contributed by atoms with Gasteiger partial charge in [-0.25, -0.2) is 0 Å². The van der Waals surface area contributed by atoms with Crippen LogP contribution in [-0.4, -0.2) is 5.97 Å². The molecule has 0 fully saturated rings. The highest BCUT2D eigenvalue weighted by Crippen LogP contribution is 2.14. The van der Waals surface area contributed by atoms with Crippen LogP contribution in [0.2, 0.25) is 0 Å². The van der Waals surface area contributed by atoms with Crippen molar-refractivity contribution in [3.63, 3.8) is 0 Å². The zero-order valence-electron chi connectivity index (χ0n) is 8.69. The monoisotopic (exact) mass is 192 g/mol. The first-order chi connectivity index (χ1) is 6.77. The molecule has 2 nitrogen and oxygen atoms in total. The van der Waals surface area contributed by atoms with Gasteiger partial charge in [0.25, 0.3) is 0 Å². The summed E-state index contributed by atoms with van der Waals surface area (Å²) in [6, 6.07) is 9.19. The van der Waals surface area contributed by atoms with Crippen molar-refractivity contribution >= 4 is 5.97 Å². The molecule has 2 heteroatoms. The molecular weight excluding hydrogens is 176 g/mol. The number of carbonyl (C=O) groups is 1. The summed E-state index contributed by atoms with van der Waals surface area (Å²) in [7, 11) is 0. The van der Waals surface area contributed by atoms with E-state index in [1.54, 1.807) is 12.1 Å². The molecular formula is C12H16O2. The third-order valence-corrected chi connectivity index (χ3v) is 2.28. The number of ether oxygens (including phenoxy) is 1. The molecule has 0 bridgehead atoms. The SMILES string of the molecule is CCC(CC)C(=O)Oc1ccccc1. The Morgan fingerprint density at radius 3 is 2.29 bits per heavy atom. The second-order valence-electron chi connectivity index (χ2n) is 3.25. The summed E-state index contributed by atoms with van der Waals surface area (Å²) in [6.07, 6.45) is 1.67. The maximum absolute atomic E-state index is 11.6. The first-order valence-electron chi connectivity index (χ1n) is 5.04. The van der Waals surface area contributed by atoms with Crippen LogP contribution >= 0.6 is 0 Å². The van der Waals surface area contributed by atoms with Crippen LogP contribution in [0.3, 0.4) is 0 Å². The van der Waals surface area contributed by atoms with Crippen molar-refractivity contribution in [3.8, 4) is 5.75 Å². The summed E-state index contributed by atoms with van der Waals surface area (Å²) in [5, 5.41) is 0. The lowest BCUT2D eigenvalue weighted by Gasteiger charge is -2.11. The van der Waals surface area contributed by atoms with Crippen molar-refractivity contribution in [3.05, 3.63) is 30.3 Å². The molecule has 0 aromatic heterocycles. The third-order valence-electron chi connectivity index (χ3n) is 2.28. The van der Waals surface area contributed by atoms with Gasteiger partial charge in [0.2, 0.25) is 0 Å². The van der Waals surface area contributed by atoms with E-state index >= 15 is 0 Å². The molecule has 0 aliphatic heterocycles. The molecule has 0 aliphatic carbocycles. The Bertz CT molecular complexity index is 276. The summed E-state index contributed by atoms with van der Waals surface area (Å²) >= 11 is 0. The average molecular weight is 192 g/mol. The van der Waals surface area contributed by atoms with E-state index < -0.39 is 0 Å². The van der Waals surface area contributed by atoms with E-state index in [2.05, 4.69) is 0 Å². The summed E-state index contributed by atoms with van der Waals surface area (Å²) in [6.45, 7) is 4.00. The van der Waals surface area contributed by atoms with Crippen LogP contribution in [0.4, 0.5) is 0 Å². The fourth-order valence-corrected chi connectivity index (χ4v) is 1.31. The Morgan fingerprint density at radius 2 is 1.79 bits per heavy atom. The number of hydrogen-bond acceptors (Lipinski definition) is 2. The van der Waals surface area contributed by atoms with Crippen molar-refractivity contribution in [1.82, 2.24) is 0 Å². The van der Waals surface area contributed by atoms with E-state index in [0.717, 1.165) is 12.8 Å². The van der Waals surface area contributed by atoms with Gasteiger partial charge in [-0.15, -0.1) is 0 Å². The Balaban J connectivity index is 2.57. The third kappa shape index (κ3) is 2.87. The number of hydrogen-bond donors (Lipinski definition) is 0. The Labute approximate surface area is 84.9 Å². The van der Waals surface area contributed by atoms with Crippen molar-refractivity contribution in [2.75, 3.05) is 0 Å². The highest BCUT2D eigenvalue weighted by molar-refractivity contribution is 5.74. The zero-order chi connectivity index (χ0) is 10.4. The average Bonchev–Trinajstić information content (AvgIpc) is 2.21. The van der Waals surface area contributed by atoms with E-state index in [0.29, 0.717) is 5.75 Å². The van der Waals surface area contributed by atoms with Crippen LogP contribution in [0.25, 0.3) is 0 Å². The quantitative estimate of drug-likeness (QED) is 0.541. The molecule has 0 radical (unpaired) electrons. The van der Waals surface area contributed by atoms with E-state index in [9.17, 15) is 4.79 Å². The summed E-state index contributed by atoms with van der Waals surface area (Å²) in [5.41, 5.74) is 0. The van der Waals surface area contributed by atoms with Crippen molar-refractivity contribution in [2.45, 2.75) is 26.7 Å². The van der Waals surface area contributed by atoms with Gasteiger partial charge >= 0.3 is 5.97 Å². The Kier molecular flexibility index (Phi) is 4.17. The van der Waals surface area contributed by atoms with Gasteiger partial charge in [-0.05, 0) is 25.0 Å². The Hall–Kier alpha value is -1.31. The molecule has 0 unspecified atom stereocenters. The molecule has 0 spiro atoms. The Morgan fingerprint density at radius 1 is 1.21 bits per heavy atom. The zero-order valence-corrected chi connectivity index (χ0v) is 8.69. The predicted octanol–water partition coefficient (Wildman–Crippen LogP) is 3.03. The van der Waals surface area contributed by atoms with E-state index in [1.165, 1.54) is 0 Å². The molecule has 1 aromatic rings. The summed E-state index contributed by atoms with van der Waals surface area (Å²) < 4.78 is 5.22. The lowest BCUT2D eigenvalue weighted by molar-refractivity contribution is -0.139. The number of para-hydroxylation sites is 1. The topological polar surface area (TPSA) is 26.3 Å². The molecule has 0 saturated carbocycles.